The lowest BCUT2D eigenvalue weighted by Gasteiger charge is -1.96. The van der Waals surface area contributed by atoms with E-state index < -0.39 is 0 Å². The number of nitrogens with zero attached hydrogens (tertiary/aromatic N) is 2. The summed E-state index contributed by atoms with van der Waals surface area (Å²) in [7, 11) is 0. The molecule has 0 aromatic carbocycles. The van der Waals surface area contributed by atoms with Crippen LogP contribution in [0.5, 0.6) is 0 Å². The number of hydrogen-bond donors (Lipinski definition) is 0. The van der Waals surface area contributed by atoms with Gasteiger partial charge in [-0.3, -0.25) is 0 Å². The van der Waals surface area contributed by atoms with Gasteiger partial charge in [-0.2, -0.15) is 0 Å². The maximum absolute atomic E-state index is 5.82. The molecule has 1 heterocycles. The van der Waals surface area contributed by atoms with Crippen LogP contribution in [-0.2, 0) is 0 Å². The molecule has 56 valence electrons. The Kier molecular flexibility index (Phi) is 2.95. The number of halogens is 1. The quantitative estimate of drug-likeness (QED) is 0.535. The maximum atomic E-state index is 5.82. The van der Waals surface area contributed by atoms with Gasteiger partial charge in [0.05, 0.1) is 5.38 Å². The molecule has 0 fully saturated rings. The van der Waals surface area contributed by atoms with Crippen LogP contribution < -0.4 is 0 Å². The van der Waals surface area contributed by atoms with Gasteiger partial charge in [-0.1, -0.05) is 4.49 Å². The third kappa shape index (κ3) is 1.62. The van der Waals surface area contributed by atoms with E-state index in [4.69, 9.17) is 11.6 Å². The first-order chi connectivity index (χ1) is 4.75. The van der Waals surface area contributed by atoms with Crippen LogP contribution in [0.4, 0.5) is 0 Å². The van der Waals surface area contributed by atoms with Crippen molar-refractivity contribution in [3.8, 4) is 0 Å². The number of rotatable bonds is 2. The zero-order valence-corrected chi connectivity index (χ0v) is 8.06. The summed E-state index contributed by atoms with van der Waals surface area (Å²) >= 11 is 8.85. The maximum Gasteiger partial charge on any atom is 0.107 e. The monoisotopic (exact) mass is 194 g/mol. The summed E-state index contributed by atoms with van der Waals surface area (Å²) in [5.74, 6) is 0. The minimum atomic E-state index is -0.0267. The van der Waals surface area contributed by atoms with Crippen molar-refractivity contribution >= 4 is 34.9 Å². The van der Waals surface area contributed by atoms with Crippen molar-refractivity contribution in [2.75, 3.05) is 6.26 Å². The molecule has 0 saturated carbocycles. The van der Waals surface area contributed by atoms with E-state index in [0.717, 1.165) is 9.90 Å². The molecule has 10 heavy (non-hydrogen) atoms. The minimum Gasteiger partial charge on any atom is -0.140 e. The zero-order chi connectivity index (χ0) is 7.56. The molecule has 1 aromatic heterocycles. The van der Waals surface area contributed by atoms with Crippen LogP contribution in [0.25, 0.3) is 0 Å². The molecular weight excluding hydrogens is 188 g/mol. The standard InChI is InChI=1S/C5H7ClN2S2/c1-3(6)4-5(9-2)10-8-7-4/h3H,1-2H3. The summed E-state index contributed by atoms with van der Waals surface area (Å²) in [4.78, 5) is 0. The highest BCUT2D eigenvalue weighted by molar-refractivity contribution is 8.00. The summed E-state index contributed by atoms with van der Waals surface area (Å²) in [6.45, 7) is 1.90. The Bertz CT molecular complexity index is 211. The molecule has 0 N–H and O–H groups in total. The molecule has 2 nitrogen and oxygen atoms in total. The summed E-state index contributed by atoms with van der Waals surface area (Å²) in [6, 6.07) is 0. The lowest BCUT2D eigenvalue weighted by Crippen LogP contribution is -1.85. The fourth-order valence-electron chi connectivity index (χ4n) is 0.573. The highest BCUT2D eigenvalue weighted by Crippen LogP contribution is 2.29. The van der Waals surface area contributed by atoms with Gasteiger partial charge in [0, 0.05) is 0 Å². The van der Waals surface area contributed by atoms with E-state index in [9.17, 15) is 0 Å². The largest absolute Gasteiger partial charge is 0.140 e. The van der Waals surface area contributed by atoms with Gasteiger partial charge >= 0.3 is 0 Å². The molecule has 0 spiro atoms. The predicted molar refractivity (Wildman–Crippen MR) is 46.0 cm³/mol. The molecule has 0 aliphatic carbocycles. The first-order valence-electron chi connectivity index (χ1n) is 2.76. The molecule has 0 aliphatic rings. The average molecular weight is 195 g/mol. The Morgan fingerprint density at radius 1 is 1.70 bits per heavy atom. The van der Waals surface area contributed by atoms with Crippen LogP contribution >= 0.6 is 34.9 Å². The van der Waals surface area contributed by atoms with Crippen LogP contribution in [0.2, 0.25) is 0 Å². The highest BCUT2D eigenvalue weighted by atomic mass is 35.5. The van der Waals surface area contributed by atoms with Gasteiger partial charge in [-0.05, 0) is 24.7 Å². The van der Waals surface area contributed by atoms with Crippen LogP contribution in [0, 0.1) is 0 Å². The Labute approximate surface area is 73.1 Å². The molecule has 5 heteroatoms. The van der Waals surface area contributed by atoms with E-state index in [-0.39, 0.29) is 5.38 Å². The fraction of sp³-hybridized carbons (Fsp3) is 0.600. The molecule has 1 unspecified atom stereocenters. The minimum absolute atomic E-state index is 0.0267. The molecule has 0 radical (unpaired) electrons. The van der Waals surface area contributed by atoms with Gasteiger partial charge in [0.1, 0.15) is 9.90 Å². The smallest absolute Gasteiger partial charge is 0.107 e. The van der Waals surface area contributed by atoms with Gasteiger partial charge < -0.3 is 0 Å². The molecule has 0 aliphatic heterocycles. The van der Waals surface area contributed by atoms with E-state index in [1.54, 1.807) is 11.8 Å². The molecular formula is C5H7ClN2S2. The van der Waals surface area contributed by atoms with E-state index in [0.29, 0.717) is 0 Å². The van der Waals surface area contributed by atoms with Crippen LogP contribution in [0.15, 0.2) is 4.21 Å². The number of aromatic nitrogens is 2. The van der Waals surface area contributed by atoms with E-state index in [2.05, 4.69) is 9.59 Å². The van der Waals surface area contributed by atoms with Crippen molar-refractivity contribution in [2.24, 2.45) is 0 Å². The summed E-state index contributed by atoms with van der Waals surface area (Å²) in [5, 5.41) is 3.88. The van der Waals surface area contributed by atoms with Gasteiger partial charge in [-0.15, -0.1) is 28.5 Å². The van der Waals surface area contributed by atoms with E-state index >= 15 is 0 Å². The summed E-state index contributed by atoms with van der Waals surface area (Å²) < 4.78 is 4.91. The topological polar surface area (TPSA) is 25.8 Å². The highest BCUT2D eigenvalue weighted by Gasteiger charge is 2.11. The van der Waals surface area contributed by atoms with Crippen LogP contribution in [0.1, 0.15) is 18.0 Å². The predicted octanol–water partition coefficient (Wildman–Crippen LogP) is 2.56. The van der Waals surface area contributed by atoms with Crippen LogP contribution in [0.3, 0.4) is 0 Å². The van der Waals surface area contributed by atoms with Gasteiger partial charge in [-0.25, -0.2) is 0 Å². The van der Waals surface area contributed by atoms with Gasteiger partial charge in [0.2, 0.25) is 0 Å². The number of thioether (sulfide) groups is 1. The number of alkyl halides is 1. The summed E-state index contributed by atoms with van der Waals surface area (Å²) in [5.41, 5.74) is 0.902. The first-order valence-corrected chi connectivity index (χ1v) is 5.19. The van der Waals surface area contributed by atoms with Crippen LogP contribution in [-0.4, -0.2) is 15.8 Å². The van der Waals surface area contributed by atoms with Crippen molar-refractivity contribution in [3.63, 3.8) is 0 Å². The van der Waals surface area contributed by atoms with Gasteiger partial charge in [0.25, 0.3) is 0 Å². The SMILES string of the molecule is CSc1snnc1C(C)Cl. The normalized spacial score (nSPS) is 13.5. The second kappa shape index (κ2) is 3.55. The molecule has 0 amide bonds. The molecule has 1 atom stereocenters. The average Bonchev–Trinajstić information content (AvgIpc) is 2.33. The van der Waals surface area contributed by atoms with Crippen molar-refractivity contribution in [2.45, 2.75) is 16.5 Å². The Morgan fingerprint density at radius 2 is 2.40 bits per heavy atom. The lowest BCUT2D eigenvalue weighted by atomic mass is 10.4. The third-order valence-corrected chi connectivity index (χ3v) is 3.09. The van der Waals surface area contributed by atoms with E-state index in [1.165, 1.54) is 11.5 Å². The number of hydrogen-bond acceptors (Lipinski definition) is 4. The fourth-order valence-corrected chi connectivity index (χ4v) is 2.19. The molecule has 1 aromatic rings. The molecule has 0 bridgehead atoms. The second-order valence-corrected chi connectivity index (χ2v) is 4.25. The van der Waals surface area contributed by atoms with Crippen molar-refractivity contribution in [3.05, 3.63) is 5.69 Å². The Morgan fingerprint density at radius 3 is 2.80 bits per heavy atom. The van der Waals surface area contributed by atoms with Crippen molar-refractivity contribution in [1.29, 1.82) is 0 Å². The first kappa shape index (κ1) is 8.30. The van der Waals surface area contributed by atoms with Gasteiger partial charge in [0.15, 0.2) is 0 Å². The molecule has 1 rings (SSSR count). The Balaban J connectivity index is 2.90. The Hall–Kier alpha value is 0.200. The zero-order valence-electron chi connectivity index (χ0n) is 5.67. The molecule has 0 saturated heterocycles. The van der Waals surface area contributed by atoms with Crippen molar-refractivity contribution < 1.29 is 0 Å². The van der Waals surface area contributed by atoms with E-state index in [1.807, 2.05) is 13.2 Å². The second-order valence-electron chi connectivity index (χ2n) is 1.77. The lowest BCUT2D eigenvalue weighted by molar-refractivity contribution is 0.937. The summed E-state index contributed by atoms with van der Waals surface area (Å²) in [6.07, 6.45) is 2.00. The van der Waals surface area contributed by atoms with Crippen molar-refractivity contribution in [1.82, 2.24) is 9.59 Å². The third-order valence-electron chi connectivity index (χ3n) is 1.04.